The molecule has 0 aliphatic rings. The van der Waals surface area contributed by atoms with Crippen LogP contribution in [0.5, 0.6) is 5.88 Å². The number of hydrogen-bond donors (Lipinski definition) is 3. The molecule has 1 aromatic heterocycles. The number of amides is 2. The van der Waals surface area contributed by atoms with Gasteiger partial charge < -0.3 is 15.4 Å². The first-order valence-electron chi connectivity index (χ1n) is 7.06. The lowest BCUT2D eigenvalue weighted by Gasteiger charge is -2.09. The monoisotopic (exact) mass is 385 g/mol. The molecule has 0 aliphatic heterocycles. The second kappa shape index (κ2) is 8.49. The summed E-state index contributed by atoms with van der Waals surface area (Å²) < 4.78 is 31.8. The normalized spacial score (nSPS) is 10.8. The lowest BCUT2D eigenvalue weighted by molar-refractivity contribution is 0.252. The van der Waals surface area contributed by atoms with E-state index in [-0.39, 0.29) is 16.6 Å². The third kappa shape index (κ3) is 5.47. The van der Waals surface area contributed by atoms with Crippen LogP contribution in [0.1, 0.15) is 0 Å². The number of urea groups is 1. The summed E-state index contributed by atoms with van der Waals surface area (Å²) in [5.41, 5.74) is 0.440. The molecule has 0 saturated heterocycles. The Morgan fingerprint density at radius 3 is 2.44 bits per heavy atom. The molecule has 2 aromatic rings. The largest absolute Gasteiger partial charge is 0.480 e. The van der Waals surface area contributed by atoms with Gasteiger partial charge in [0.15, 0.2) is 5.82 Å². The van der Waals surface area contributed by atoms with E-state index in [4.69, 9.17) is 16.3 Å². The van der Waals surface area contributed by atoms with Crippen LogP contribution in [-0.2, 0) is 10.0 Å². The van der Waals surface area contributed by atoms with Gasteiger partial charge in [-0.2, -0.15) is 0 Å². The Balaban J connectivity index is 2.05. The van der Waals surface area contributed by atoms with Crippen LogP contribution < -0.4 is 20.1 Å². The fourth-order valence-corrected chi connectivity index (χ4v) is 2.82. The van der Waals surface area contributed by atoms with E-state index in [1.165, 1.54) is 43.5 Å². The molecule has 9 nitrogen and oxygen atoms in total. The number of rotatable bonds is 7. The zero-order valence-corrected chi connectivity index (χ0v) is 14.8. The maximum absolute atomic E-state index is 12.3. The predicted octanol–water partition coefficient (Wildman–Crippen LogP) is 1.65. The first-order chi connectivity index (χ1) is 11.9. The van der Waals surface area contributed by atoms with Crippen molar-refractivity contribution in [1.29, 1.82) is 0 Å². The Hall–Kier alpha value is -2.59. The molecule has 134 valence electrons. The molecule has 0 unspecified atom stereocenters. The SMILES string of the molecule is COc1ccc(NS(=O)(=O)c2ccc(NC(=O)NCCCl)cc2)nn1. The highest BCUT2D eigenvalue weighted by molar-refractivity contribution is 7.92. The molecule has 0 bridgehead atoms. The molecular weight excluding hydrogens is 370 g/mol. The second-order valence-corrected chi connectivity index (χ2v) is 6.72. The quantitative estimate of drug-likeness (QED) is 0.623. The molecule has 0 spiro atoms. The molecule has 1 aromatic carbocycles. The van der Waals surface area contributed by atoms with E-state index >= 15 is 0 Å². The number of carbonyl (C=O) groups is 1. The van der Waals surface area contributed by atoms with Gasteiger partial charge in [-0.3, -0.25) is 4.72 Å². The zero-order valence-electron chi connectivity index (χ0n) is 13.2. The minimum absolute atomic E-state index is 0.0110. The molecule has 1 heterocycles. The van der Waals surface area contributed by atoms with Crippen LogP contribution in [-0.4, -0.2) is 44.2 Å². The van der Waals surface area contributed by atoms with Crippen molar-refractivity contribution < 1.29 is 17.9 Å². The standard InChI is InChI=1S/C14H16ClN5O4S/c1-24-13-7-6-12(18-19-13)20-25(22,23)11-4-2-10(3-5-11)17-14(21)16-9-8-15/h2-7H,8-9H2,1H3,(H,18,20)(H2,16,17,21). The van der Waals surface area contributed by atoms with Gasteiger partial charge in [0.05, 0.1) is 12.0 Å². The number of halogens is 1. The predicted molar refractivity (Wildman–Crippen MR) is 93.6 cm³/mol. The van der Waals surface area contributed by atoms with Crippen molar-refractivity contribution in [2.45, 2.75) is 4.90 Å². The van der Waals surface area contributed by atoms with E-state index < -0.39 is 16.1 Å². The van der Waals surface area contributed by atoms with Gasteiger partial charge in [-0.05, 0) is 30.3 Å². The van der Waals surface area contributed by atoms with E-state index in [2.05, 4.69) is 25.6 Å². The molecule has 2 amide bonds. The fraction of sp³-hybridized carbons (Fsp3) is 0.214. The summed E-state index contributed by atoms with van der Waals surface area (Å²) in [5, 5.41) is 12.5. The summed E-state index contributed by atoms with van der Waals surface area (Å²) in [4.78, 5) is 11.5. The number of nitrogens with one attached hydrogen (secondary N) is 3. The second-order valence-electron chi connectivity index (χ2n) is 4.66. The third-order valence-corrected chi connectivity index (χ3v) is 4.45. The summed E-state index contributed by atoms with van der Waals surface area (Å²) >= 11 is 5.47. The number of hydrogen-bond acceptors (Lipinski definition) is 6. The van der Waals surface area contributed by atoms with Crippen molar-refractivity contribution >= 4 is 39.2 Å². The van der Waals surface area contributed by atoms with Gasteiger partial charge in [0.1, 0.15) is 0 Å². The van der Waals surface area contributed by atoms with Gasteiger partial charge in [0, 0.05) is 24.2 Å². The van der Waals surface area contributed by atoms with Crippen molar-refractivity contribution in [2.75, 3.05) is 29.6 Å². The van der Waals surface area contributed by atoms with Gasteiger partial charge >= 0.3 is 6.03 Å². The van der Waals surface area contributed by atoms with Crippen molar-refractivity contribution in [3.63, 3.8) is 0 Å². The third-order valence-electron chi connectivity index (χ3n) is 2.89. The molecule has 3 N–H and O–H groups in total. The smallest absolute Gasteiger partial charge is 0.319 e. The van der Waals surface area contributed by atoms with Crippen LogP contribution in [0.25, 0.3) is 0 Å². The van der Waals surface area contributed by atoms with E-state index in [0.717, 1.165) is 0 Å². The summed E-state index contributed by atoms with van der Waals surface area (Å²) in [6, 6.07) is 8.14. The van der Waals surface area contributed by atoms with Gasteiger partial charge in [-0.1, -0.05) is 0 Å². The number of alkyl halides is 1. The molecule has 0 aliphatic carbocycles. The van der Waals surface area contributed by atoms with Crippen molar-refractivity contribution in [3.8, 4) is 5.88 Å². The van der Waals surface area contributed by atoms with E-state index in [9.17, 15) is 13.2 Å². The maximum Gasteiger partial charge on any atom is 0.319 e. The Morgan fingerprint density at radius 1 is 1.16 bits per heavy atom. The molecular formula is C14H16ClN5O4S. The highest BCUT2D eigenvalue weighted by Crippen LogP contribution is 2.17. The molecule has 0 fully saturated rings. The highest BCUT2D eigenvalue weighted by atomic mass is 35.5. The molecule has 25 heavy (non-hydrogen) atoms. The van der Waals surface area contributed by atoms with Gasteiger partial charge in [-0.15, -0.1) is 21.8 Å². The van der Waals surface area contributed by atoms with Crippen LogP contribution in [0, 0.1) is 0 Å². The number of sulfonamides is 1. The number of ether oxygens (including phenoxy) is 1. The Kier molecular flexibility index (Phi) is 6.37. The van der Waals surface area contributed by atoms with Crippen LogP contribution >= 0.6 is 11.6 Å². The first-order valence-corrected chi connectivity index (χ1v) is 9.08. The maximum atomic E-state index is 12.3. The average molecular weight is 386 g/mol. The van der Waals surface area contributed by atoms with Crippen LogP contribution in [0.15, 0.2) is 41.3 Å². The Bertz CT molecular complexity index is 812. The first kappa shape index (κ1) is 18.7. The topological polar surface area (TPSA) is 122 Å². The lowest BCUT2D eigenvalue weighted by atomic mass is 10.3. The summed E-state index contributed by atoms with van der Waals surface area (Å²) in [6.45, 7) is 0.326. The lowest BCUT2D eigenvalue weighted by Crippen LogP contribution is -2.30. The van der Waals surface area contributed by atoms with Crippen LogP contribution in [0.3, 0.4) is 0 Å². The Labute approximate surface area is 149 Å². The van der Waals surface area contributed by atoms with Crippen molar-refractivity contribution in [2.24, 2.45) is 0 Å². The average Bonchev–Trinajstić information content (AvgIpc) is 2.61. The fourth-order valence-electron chi connectivity index (χ4n) is 1.73. The summed E-state index contributed by atoms with van der Waals surface area (Å²) in [5.74, 6) is 0.624. The Morgan fingerprint density at radius 2 is 1.88 bits per heavy atom. The number of nitrogens with zero attached hydrogens (tertiary/aromatic N) is 2. The number of aromatic nitrogens is 2. The zero-order chi connectivity index (χ0) is 18.3. The molecule has 0 radical (unpaired) electrons. The highest BCUT2D eigenvalue weighted by Gasteiger charge is 2.15. The van der Waals surface area contributed by atoms with Gasteiger partial charge in [0.25, 0.3) is 10.0 Å². The molecule has 11 heteroatoms. The number of carbonyl (C=O) groups excluding carboxylic acids is 1. The minimum atomic E-state index is -3.83. The van der Waals surface area contributed by atoms with Crippen molar-refractivity contribution in [3.05, 3.63) is 36.4 Å². The van der Waals surface area contributed by atoms with Crippen molar-refractivity contribution in [1.82, 2.24) is 15.5 Å². The minimum Gasteiger partial charge on any atom is -0.480 e. The van der Waals surface area contributed by atoms with Crippen LogP contribution in [0.2, 0.25) is 0 Å². The van der Waals surface area contributed by atoms with Gasteiger partial charge in [-0.25, -0.2) is 13.2 Å². The van der Waals surface area contributed by atoms with E-state index in [1.807, 2.05) is 0 Å². The molecule has 0 atom stereocenters. The number of anilines is 2. The molecule has 2 rings (SSSR count). The number of benzene rings is 1. The van der Waals surface area contributed by atoms with E-state index in [1.54, 1.807) is 0 Å². The van der Waals surface area contributed by atoms with Gasteiger partial charge in [0.2, 0.25) is 5.88 Å². The number of methoxy groups -OCH3 is 1. The van der Waals surface area contributed by atoms with Crippen LogP contribution in [0.4, 0.5) is 16.3 Å². The molecule has 0 saturated carbocycles. The summed E-state index contributed by atoms with van der Waals surface area (Å²) in [6.07, 6.45) is 0. The summed E-state index contributed by atoms with van der Waals surface area (Å²) in [7, 11) is -2.40. The van der Waals surface area contributed by atoms with E-state index in [0.29, 0.717) is 18.1 Å².